The quantitative estimate of drug-likeness (QED) is 0.894. The van der Waals surface area contributed by atoms with Crippen LogP contribution in [-0.2, 0) is 17.7 Å². The van der Waals surface area contributed by atoms with Crippen molar-refractivity contribution >= 4 is 11.0 Å². The van der Waals surface area contributed by atoms with Gasteiger partial charge in [0, 0.05) is 18.0 Å². The molecule has 1 aromatic heterocycles. The van der Waals surface area contributed by atoms with Gasteiger partial charge in [-0.2, -0.15) is 0 Å². The van der Waals surface area contributed by atoms with Gasteiger partial charge >= 0.3 is 0 Å². The summed E-state index contributed by atoms with van der Waals surface area (Å²) in [5.41, 5.74) is 2.33. The maximum Gasteiger partial charge on any atom is 0.134 e. The number of fused-ring (bicyclic) bond motifs is 1. The van der Waals surface area contributed by atoms with Crippen LogP contribution in [-0.4, -0.2) is 19.3 Å². The van der Waals surface area contributed by atoms with Crippen LogP contribution in [0, 0.1) is 0 Å². The first-order chi connectivity index (χ1) is 8.98. The van der Waals surface area contributed by atoms with Crippen molar-refractivity contribution in [3.8, 4) is 0 Å². The van der Waals surface area contributed by atoms with Crippen LogP contribution in [0.3, 0.4) is 0 Å². The molecule has 104 valence electrons. The van der Waals surface area contributed by atoms with E-state index in [4.69, 9.17) is 9.15 Å². The van der Waals surface area contributed by atoms with E-state index >= 15 is 0 Å². The molecule has 0 unspecified atom stereocenters. The molecule has 0 aliphatic rings. The molecule has 1 aromatic carbocycles. The first kappa shape index (κ1) is 14.1. The molecule has 2 rings (SSSR count). The monoisotopic (exact) mass is 261 g/mol. The fraction of sp³-hybridized carbons (Fsp3) is 0.500. The average molecular weight is 261 g/mol. The number of nitrogens with one attached hydrogen (secondary N) is 1. The standard InChI is InChI=1S/C16H23NO2/c1-16(2,3)17-11-14-10-13-9-12(7-8-18-4)5-6-15(13)19-14/h5-6,9-10,17H,7-8,11H2,1-4H3. The highest BCUT2D eigenvalue weighted by Crippen LogP contribution is 2.21. The number of ether oxygens (including phenoxy) is 1. The van der Waals surface area contributed by atoms with Crippen LogP contribution in [0.1, 0.15) is 32.1 Å². The third-order valence-corrected chi connectivity index (χ3v) is 3.02. The van der Waals surface area contributed by atoms with Gasteiger partial charge in [0.1, 0.15) is 11.3 Å². The molecule has 0 radical (unpaired) electrons. The van der Waals surface area contributed by atoms with Crippen LogP contribution in [0.5, 0.6) is 0 Å². The Bertz CT molecular complexity index is 537. The zero-order valence-electron chi connectivity index (χ0n) is 12.2. The van der Waals surface area contributed by atoms with Crippen molar-refractivity contribution in [3.63, 3.8) is 0 Å². The molecular weight excluding hydrogens is 238 g/mol. The topological polar surface area (TPSA) is 34.4 Å². The van der Waals surface area contributed by atoms with E-state index < -0.39 is 0 Å². The van der Waals surface area contributed by atoms with Crippen molar-refractivity contribution in [2.45, 2.75) is 39.3 Å². The van der Waals surface area contributed by atoms with E-state index in [2.05, 4.69) is 44.3 Å². The summed E-state index contributed by atoms with van der Waals surface area (Å²) < 4.78 is 10.9. The number of benzene rings is 1. The van der Waals surface area contributed by atoms with Crippen LogP contribution < -0.4 is 5.32 Å². The highest BCUT2D eigenvalue weighted by molar-refractivity contribution is 5.78. The van der Waals surface area contributed by atoms with Gasteiger partial charge in [-0.05, 0) is 51.0 Å². The van der Waals surface area contributed by atoms with Gasteiger partial charge in [0.2, 0.25) is 0 Å². The lowest BCUT2D eigenvalue weighted by Crippen LogP contribution is -2.34. The first-order valence-corrected chi connectivity index (χ1v) is 6.73. The summed E-state index contributed by atoms with van der Waals surface area (Å²) in [6.45, 7) is 7.96. The Morgan fingerprint density at radius 2 is 2.00 bits per heavy atom. The van der Waals surface area contributed by atoms with Crippen molar-refractivity contribution < 1.29 is 9.15 Å². The normalized spacial score (nSPS) is 12.2. The van der Waals surface area contributed by atoms with E-state index in [1.807, 2.05) is 6.07 Å². The molecule has 19 heavy (non-hydrogen) atoms. The van der Waals surface area contributed by atoms with E-state index in [1.54, 1.807) is 7.11 Å². The summed E-state index contributed by atoms with van der Waals surface area (Å²) in [6.07, 6.45) is 0.938. The predicted octanol–water partition coefficient (Wildman–Crippen LogP) is 3.51. The predicted molar refractivity (Wildman–Crippen MR) is 78.4 cm³/mol. The molecule has 0 saturated heterocycles. The van der Waals surface area contributed by atoms with Crippen molar-refractivity contribution in [2.24, 2.45) is 0 Å². The maximum absolute atomic E-state index is 5.83. The molecule has 0 bridgehead atoms. The minimum Gasteiger partial charge on any atom is -0.460 e. The van der Waals surface area contributed by atoms with Crippen LogP contribution >= 0.6 is 0 Å². The fourth-order valence-electron chi connectivity index (χ4n) is 1.96. The fourth-order valence-corrected chi connectivity index (χ4v) is 1.96. The summed E-state index contributed by atoms with van der Waals surface area (Å²) in [6, 6.07) is 8.44. The molecule has 2 aromatic rings. The molecule has 0 aliphatic carbocycles. The summed E-state index contributed by atoms with van der Waals surface area (Å²) in [5.74, 6) is 0.980. The van der Waals surface area contributed by atoms with Crippen LogP contribution in [0.2, 0.25) is 0 Å². The van der Waals surface area contributed by atoms with Crippen LogP contribution in [0.4, 0.5) is 0 Å². The van der Waals surface area contributed by atoms with Gasteiger partial charge in [0.15, 0.2) is 0 Å². The Morgan fingerprint density at radius 1 is 1.21 bits per heavy atom. The summed E-state index contributed by atoms with van der Waals surface area (Å²) in [7, 11) is 1.73. The Hall–Kier alpha value is -1.32. The van der Waals surface area contributed by atoms with Gasteiger partial charge in [0.25, 0.3) is 0 Å². The molecule has 0 aliphatic heterocycles. The number of hydrogen-bond acceptors (Lipinski definition) is 3. The Labute approximate surface area is 114 Å². The molecule has 0 spiro atoms. The van der Waals surface area contributed by atoms with E-state index in [0.717, 1.165) is 30.9 Å². The second-order valence-corrected chi connectivity index (χ2v) is 5.93. The molecule has 3 heteroatoms. The second-order valence-electron chi connectivity index (χ2n) is 5.93. The van der Waals surface area contributed by atoms with Crippen molar-refractivity contribution in [3.05, 3.63) is 35.6 Å². The van der Waals surface area contributed by atoms with E-state index in [1.165, 1.54) is 10.9 Å². The molecule has 0 amide bonds. The highest BCUT2D eigenvalue weighted by Gasteiger charge is 2.11. The lowest BCUT2D eigenvalue weighted by Gasteiger charge is -2.19. The smallest absolute Gasteiger partial charge is 0.134 e. The van der Waals surface area contributed by atoms with Gasteiger partial charge in [0.05, 0.1) is 13.2 Å². The van der Waals surface area contributed by atoms with Crippen molar-refractivity contribution in [2.75, 3.05) is 13.7 Å². The lowest BCUT2D eigenvalue weighted by molar-refractivity contribution is 0.202. The van der Waals surface area contributed by atoms with Crippen LogP contribution in [0.15, 0.2) is 28.7 Å². The minimum absolute atomic E-state index is 0.0998. The summed E-state index contributed by atoms with van der Waals surface area (Å²) in [4.78, 5) is 0. The highest BCUT2D eigenvalue weighted by atomic mass is 16.5. The zero-order chi connectivity index (χ0) is 13.9. The van der Waals surface area contributed by atoms with Crippen molar-refractivity contribution in [1.29, 1.82) is 0 Å². The number of hydrogen-bond donors (Lipinski definition) is 1. The molecule has 1 heterocycles. The Morgan fingerprint density at radius 3 is 2.68 bits per heavy atom. The average Bonchev–Trinajstić information content (AvgIpc) is 2.75. The maximum atomic E-state index is 5.83. The van der Waals surface area contributed by atoms with Gasteiger partial charge in [-0.15, -0.1) is 0 Å². The van der Waals surface area contributed by atoms with E-state index in [-0.39, 0.29) is 5.54 Å². The van der Waals surface area contributed by atoms with Gasteiger partial charge in [-0.3, -0.25) is 0 Å². The lowest BCUT2D eigenvalue weighted by atomic mass is 10.1. The molecule has 1 N–H and O–H groups in total. The minimum atomic E-state index is 0.0998. The zero-order valence-corrected chi connectivity index (χ0v) is 12.2. The number of furan rings is 1. The Balaban J connectivity index is 2.11. The molecular formula is C16H23NO2. The third kappa shape index (κ3) is 4.08. The summed E-state index contributed by atoms with van der Waals surface area (Å²) >= 11 is 0. The van der Waals surface area contributed by atoms with E-state index in [0.29, 0.717) is 0 Å². The van der Waals surface area contributed by atoms with Crippen molar-refractivity contribution in [1.82, 2.24) is 5.32 Å². The molecule has 3 nitrogen and oxygen atoms in total. The van der Waals surface area contributed by atoms with Gasteiger partial charge in [-0.1, -0.05) is 6.07 Å². The Kier molecular flexibility index (Phi) is 4.27. The number of rotatable bonds is 5. The largest absolute Gasteiger partial charge is 0.460 e. The van der Waals surface area contributed by atoms with Gasteiger partial charge in [-0.25, -0.2) is 0 Å². The van der Waals surface area contributed by atoms with Gasteiger partial charge < -0.3 is 14.5 Å². The third-order valence-electron chi connectivity index (χ3n) is 3.02. The summed E-state index contributed by atoms with van der Waals surface area (Å²) in [5, 5.41) is 4.60. The molecule has 0 fully saturated rings. The van der Waals surface area contributed by atoms with E-state index in [9.17, 15) is 0 Å². The number of methoxy groups -OCH3 is 1. The van der Waals surface area contributed by atoms with Crippen LogP contribution in [0.25, 0.3) is 11.0 Å². The first-order valence-electron chi connectivity index (χ1n) is 6.73. The molecule has 0 saturated carbocycles. The SMILES string of the molecule is COCCc1ccc2oc(CNC(C)(C)C)cc2c1. The second kappa shape index (κ2) is 5.76. The molecule has 0 atom stereocenters.